The molecular formula is C11H12Br3O6PS. The summed E-state index contributed by atoms with van der Waals surface area (Å²) in [6.07, 6.45) is 0.176. The van der Waals surface area contributed by atoms with Crippen LogP contribution in [0.1, 0.15) is 6.42 Å². The molecule has 0 heterocycles. The summed E-state index contributed by atoms with van der Waals surface area (Å²) in [6, 6.07) is 3.53. The van der Waals surface area contributed by atoms with E-state index in [0.717, 1.165) is 4.47 Å². The molecule has 1 aromatic rings. The molecule has 6 nitrogen and oxygen atoms in total. The molecule has 0 aliphatic carbocycles. The lowest BCUT2D eigenvalue weighted by atomic mass is 10.3. The molecule has 2 N–H and O–H groups in total. The Bertz CT molecular complexity index is 556. The molecule has 0 fully saturated rings. The maximum Gasteiger partial charge on any atom is 0.469 e. The lowest BCUT2D eigenvalue weighted by Crippen LogP contribution is -2.10. The Labute approximate surface area is 157 Å². The molecule has 0 saturated heterocycles. The van der Waals surface area contributed by atoms with Crippen molar-refractivity contribution in [3.8, 4) is 5.75 Å². The lowest BCUT2D eigenvalue weighted by molar-refractivity contribution is -0.134. The van der Waals surface area contributed by atoms with Gasteiger partial charge in [-0.25, -0.2) is 4.57 Å². The Hall–Kier alpha value is 0.590. The average Bonchev–Trinajstić information content (AvgIpc) is 2.36. The van der Waals surface area contributed by atoms with Crippen molar-refractivity contribution in [2.75, 3.05) is 18.1 Å². The molecule has 0 atom stereocenters. The van der Waals surface area contributed by atoms with Crippen LogP contribution < -0.4 is 4.74 Å². The van der Waals surface area contributed by atoms with Gasteiger partial charge in [0.05, 0.1) is 22.0 Å². The van der Waals surface area contributed by atoms with Crippen LogP contribution in [0.3, 0.4) is 0 Å². The summed E-state index contributed by atoms with van der Waals surface area (Å²) in [4.78, 5) is 28.7. The monoisotopic (exact) mass is 540 g/mol. The van der Waals surface area contributed by atoms with Gasteiger partial charge in [-0.2, -0.15) is 11.8 Å². The number of esters is 1. The highest BCUT2D eigenvalue weighted by Crippen LogP contribution is 2.37. The minimum absolute atomic E-state index is 0.0756. The number of ether oxygens (including phenoxy) is 1. The van der Waals surface area contributed by atoms with Gasteiger partial charge < -0.3 is 14.5 Å². The quantitative estimate of drug-likeness (QED) is 0.221. The van der Waals surface area contributed by atoms with Gasteiger partial charge in [-0.05, 0) is 44.0 Å². The summed E-state index contributed by atoms with van der Waals surface area (Å²) >= 11 is 11.3. The van der Waals surface area contributed by atoms with Crippen LogP contribution in [-0.2, 0) is 13.9 Å². The fraction of sp³-hybridized carbons (Fsp3) is 0.364. The summed E-state index contributed by atoms with van der Waals surface area (Å²) in [5, 5.41) is 0. The van der Waals surface area contributed by atoms with Gasteiger partial charge in [-0.15, -0.1) is 0 Å². The molecule has 0 bridgehead atoms. The molecule has 22 heavy (non-hydrogen) atoms. The van der Waals surface area contributed by atoms with Crippen LogP contribution >= 0.6 is 67.4 Å². The number of halogens is 3. The molecule has 0 amide bonds. The zero-order valence-corrected chi connectivity index (χ0v) is 17.5. The molecule has 1 rings (SSSR count). The number of carbonyl (C=O) groups excluding carboxylic acids is 1. The van der Waals surface area contributed by atoms with Crippen LogP contribution in [0.25, 0.3) is 0 Å². The van der Waals surface area contributed by atoms with Crippen LogP contribution in [0, 0.1) is 0 Å². The first-order chi connectivity index (χ1) is 10.2. The molecule has 0 radical (unpaired) electrons. The minimum Gasteiger partial charge on any atom is -0.424 e. The van der Waals surface area contributed by atoms with Gasteiger partial charge in [0.15, 0.2) is 5.75 Å². The first-order valence-electron chi connectivity index (χ1n) is 5.82. The highest BCUT2D eigenvalue weighted by molar-refractivity contribution is 9.11. The fourth-order valence-electron chi connectivity index (χ4n) is 1.26. The van der Waals surface area contributed by atoms with E-state index in [1.807, 2.05) is 0 Å². The van der Waals surface area contributed by atoms with Gasteiger partial charge in [-0.1, -0.05) is 15.9 Å². The van der Waals surface area contributed by atoms with E-state index in [4.69, 9.17) is 14.5 Å². The zero-order valence-electron chi connectivity index (χ0n) is 11.0. The van der Waals surface area contributed by atoms with E-state index in [0.29, 0.717) is 26.2 Å². The standard InChI is InChI=1S/C11H12Br3O6PS/c12-7-5-8(13)11(9(14)6-7)20-10(15)1-3-22-4-2-19-21(16,17)18/h5-6H,1-4H2,(H2,16,17,18). The first-order valence-corrected chi connectivity index (χ1v) is 10.9. The third-order valence-electron chi connectivity index (χ3n) is 2.12. The van der Waals surface area contributed by atoms with Crippen LogP contribution in [-0.4, -0.2) is 33.9 Å². The molecule has 0 aliphatic rings. The minimum atomic E-state index is -4.41. The summed E-state index contributed by atoms with van der Waals surface area (Å²) in [7, 11) is -4.41. The molecule has 11 heteroatoms. The molecule has 1 aromatic carbocycles. The van der Waals surface area contributed by atoms with Gasteiger partial charge in [0, 0.05) is 16.0 Å². The van der Waals surface area contributed by atoms with Gasteiger partial charge in [0.2, 0.25) is 0 Å². The smallest absolute Gasteiger partial charge is 0.424 e. The van der Waals surface area contributed by atoms with Crippen molar-refractivity contribution in [1.82, 2.24) is 0 Å². The van der Waals surface area contributed by atoms with Crippen molar-refractivity contribution in [2.24, 2.45) is 0 Å². The number of rotatable bonds is 8. The molecule has 0 unspecified atom stereocenters. The van der Waals surface area contributed by atoms with E-state index in [2.05, 4.69) is 52.3 Å². The number of thioether (sulfide) groups is 1. The Balaban J connectivity index is 2.31. The van der Waals surface area contributed by atoms with Gasteiger partial charge >= 0.3 is 13.8 Å². The molecule has 124 valence electrons. The van der Waals surface area contributed by atoms with Crippen molar-refractivity contribution in [2.45, 2.75) is 6.42 Å². The van der Waals surface area contributed by atoms with E-state index in [1.165, 1.54) is 11.8 Å². The highest BCUT2D eigenvalue weighted by atomic mass is 79.9. The summed E-state index contributed by atoms with van der Waals surface area (Å²) < 4.78 is 22.1. The molecule has 0 spiro atoms. The van der Waals surface area contributed by atoms with E-state index in [-0.39, 0.29) is 13.0 Å². The number of hydrogen-bond acceptors (Lipinski definition) is 5. The Morgan fingerprint density at radius 3 is 2.32 bits per heavy atom. The van der Waals surface area contributed by atoms with Crippen LogP contribution in [0.5, 0.6) is 5.75 Å². The van der Waals surface area contributed by atoms with Crippen molar-refractivity contribution in [3.05, 3.63) is 25.6 Å². The third-order valence-corrected chi connectivity index (χ3v) is 5.22. The maximum atomic E-state index is 11.7. The van der Waals surface area contributed by atoms with E-state index >= 15 is 0 Å². The first kappa shape index (κ1) is 20.6. The Morgan fingerprint density at radius 1 is 1.18 bits per heavy atom. The maximum absolute atomic E-state index is 11.7. The van der Waals surface area contributed by atoms with E-state index in [9.17, 15) is 9.36 Å². The Kier molecular flexibility index (Phi) is 9.17. The summed E-state index contributed by atoms with van der Waals surface area (Å²) in [5.41, 5.74) is 0. The predicted octanol–water partition coefficient (Wildman–Crippen LogP) is 4.11. The number of hydrogen-bond donors (Lipinski definition) is 2. The number of benzene rings is 1. The summed E-state index contributed by atoms with van der Waals surface area (Å²) in [6.45, 7) is -0.0756. The number of carbonyl (C=O) groups is 1. The van der Waals surface area contributed by atoms with Crippen molar-refractivity contribution >= 4 is 73.3 Å². The van der Waals surface area contributed by atoms with Crippen molar-refractivity contribution < 1.29 is 28.4 Å². The molecule has 0 aromatic heterocycles. The normalized spacial score (nSPS) is 11.5. The lowest BCUT2D eigenvalue weighted by Gasteiger charge is -2.09. The third kappa shape index (κ3) is 8.44. The van der Waals surface area contributed by atoms with Crippen LogP contribution in [0.2, 0.25) is 0 Å². The van der Waals surface area contributed by atoms with Crippen LogP contribution in [0.15, 0.2) is 25.6 Å². The topological polar surface area (TPSA) is 93.1 Å². The molecular weight excluding hydrogens is 531 g/mol. The highest BCUT2D eigenvalue weighted by Gasteiger charge is 2.14. The van der Waals surface area contributed by atoms with Gasteiger partial charge in [0.25, 0.3) is 0 Å². The van der Waals surface area contributed by atoms with Crippen molar-refractivity contribution in [3.63, 3.8) is 0 Å². The van der Waals surface area contributed by atoms with Crippen molar-refractivity contribution in [1.29, 1.82) is 0 Å². The Morgan fingerprint density at radius 2 is 1.77 bits per heavy atom. The number of phosphoric ester groups is 1. The second-order valence-electron chi connectivity index (χ2n) is 3.86. The van der Waals surface area contributed by atoms with E-state index < -0.39 is 13.8 Å². The largest absolute Gasteiger partial charge is 0.469 e. The average molecular weight is 543 g/mol. The molecule has 0 aliphatic heterocycles. The second kappa shape index (κ2) is 9.78. The van der Waals surface area contributed by atoms with Crippen LogP contribution in [0.4, 0.5) is 0 Å². The zero-order chi connectivity index (χ0) is 16.8. The SMILES string of the molecule is O=C(CCSCCOP(=O)(O)O)Oc1c(Br)cc(Br)cc1Br. The second-order valence-corrected chi connectivity index (χ2v) is 8.95. The number of phosphoric acid groups is 1. The summed E-state index contributed by atoms with van der Waals surface area (Å²) in [5.74, 6) is 0.856. The van der Waals surface area contributed by atoms with E-state index in [1.54, 1.807) is 12.1 Å². The van der Waals surface area contributed by atoms with Gasteiger partial charge in [-0.3, -0.25) is 9.32 Å². The fourth-order valence-corrected chi connectivity index (χ4v) is 4.85. The van der Waals surface area contributed by atoms with Gasteiger partial charge in [0.1, 0.15) is 0 Å². The molecule has 0 saturated carbocycles. The predicted molar refractivity (Wildman–Crippen MR) is 95.1 cm³/mol.